The van der Waals surface area contributed by atoms with Gasteiger partial charge < -0.3 is 15.0 Å². The number of aromatic nitrogens is 1. The Bertz CT molecular complexity index is 862. The van der Waals surface area contributed by atoms with Crippen LogP contribution in [0, 0.1) is 0 Å². The summed E-state index contributed by atoms with van der Waals surface area (Å²) in [5.41, 5.74) is 3.85. The van der Waals surface area contributed by atoms with E-state index in [-0.39, 0.29) is 5.91 Å². The van der Waals surface area contributed by atoms with Gasteiger partial charge >= 0.3 is 0 Å². The Labute approximate surface area is 179 Å². The van der Waals surface area contributed by atoms with E-state index in [1.54, 1.807) is 0 Å². The second kappa shape index (κ2) is 9.94. The maximum atomic E-state index is 11.5. The number of benzene rings is 1. The highest BCUT2D eigenvalue weighted by Crippen LogP contribution is 2.23. The van der Waals surface area contributed by atoms with Gasteiger partial charge in [0.15, 0.2) is 0 Å². The molecule has 6 heteroatoms. The van der Waals surface area contributed by atoms with Crippen LogP contribution in [0.25, 0.3) is 0 Å². The van der Waals surface area contributed by atoms with Crippen molar-refractivity contribution in [1.29, 1.82) is 0 Å². The minimum Gasteiger partial charge on any atom is -0.478 e. The van der Waals surface area contributed by atoms with E-state index in [0.29, 0.717) is 24.7 Å². The first kappa shape index (κ1) is 20.7. The van der Waals surface area contributed by atoms with E-state index in [1.807, 2.05) is 12.1 Å². The van der Waals surface area contributed by atoms with Crippen LogP contribution in [-0.2, 0) is 17.6 Å². The number of aryl methyl sites for hydroxylation is 2. The van der Waals surface area contributed by atoms with Crippen LogP contribution in [0.1, 0.15) is 37.3 Å². The number of nitrogens with zero attached hydrogens (tertiary/aromatic N) is 3. The SMILES string of the molecule is CCc1cccc(N2CCN(CCCCOc3ccc4c(n3)NC(=O)CC4)CC2)c1. The number of nitrogens with one attached hydrogen (secondary N) is 1. The maximum Gasteiger partial charge on any atom is 0.225 e. The number of hydrogen-bond donors (Lipinski definition) is 1. The summed E-state index contributed by atoms with van der Waals surface area (Å²) in [6.45, 7) is 8.39. The fraction of sp³-hybridized carbons (Fsp3) is 0.500. The van der Waals surface area contributed by atoms with Gasteiger partial charge in [-0.2, -0.15) is 4.98 Å². The summed E-state index contributed by atoms with van der Waals surface area (Å²) >= 11 is 0. The number of pyridine rings is 1. The third kappa shape index (κ3) is 5.30. The average Bonchev–Trinajstić information content (AvgIpc) is 2.79. The predicted molar refractivity (Wildman–Crippen MR) is 120 cm³/mol. The van der Waals surface area contributed by atoms with Crippen molar-refractivity contribution in [1.82, 2.24) is 9.88 Å². The molecule has 0 saturated carbocycles. The summed E-state index contributed by atoms with van der Waals surface area (Å²) in [4.78, 5) is 21.0. The molecule has 0 radical (unpaired) electrons. The summed E-state index contributed by atoms with van der Waals surface area (Å²) in [6.07, 6.45) is 4.50. The van der Waals surface area contributed by atoms with Gasteiger partial charge in [0.05, 0.1) is 6.61 Å². The number of ether oxygens (including phenoxy) is 1. The third-order valence-corrected chi connectivity index (χ3v) is 6.01. The summed E-state index contributed by atoms with van der Waals surface area (Å²) in [6, 6.07) is 12.8. The van der Waals surface area contributed by atoms with Crippen molar-refractivity contribution >= 4 is 17.4 Å². The number of fused-ring (bicyclic) bond motifs is 1. The molecule has 1 saturated heterocycles. The van der Waals surface area contributed by atoms with Crippen LogP contribution >= 0.6 is 0 Å². The lowest BCUT2D eigenvalue weighted by Crippen LogP contribution is -2.46. The minimum absolute atomic E-state index is 0.0327. The smallest absolute Gasteiger partial charge is 0.225 e. The predicted octanol–water partition coefficient (Wildman–Crippen LogP) is 3.51. The number of rotatable bonds is 8. The largest absolute Gasteiger partial charge is 0.478 e. The third-order valence-electron chi connectivity index (χ3n) is 6.01. The van der Waals surface area contributed by atoms with Crippen molar-refractivity contribution in [2.45, 2.75) is 39.0 Å². The quantitative estimate of drug-likeness (QED) is 0.678. The standard InChI is InChI=1S/C24H32N4O2/c1-2-19-6-5-7-21(18-19)28-15-13-27(14-16-28)12-3-4-17-30-23-11-9-20-8-10-22(29)25-24(20)26-23/h5-7,9,11,18H,2-4,8,10,12-17H2,1H3,(H,25,26,29). The number of unbranched alkanes of at least 4 members (excludes halogenated alkanes) is 1. The first-order valence-electron chi connectivity index (χ1n) is 11.2. The van der Waals surface area contributed by atoms with Gasteiger partial charge in [-0.1, -0.05) is 19.1 Å². The van der Waals surface area contributed by atoms with E-state index >= 15 is 0 Å². The van der Waals surface area contributed by atoms with Gasteiger partial charge in [0.25, 0.3) is 0 Å². The Balaban J connectivity index is 1.14. The number of carbonyl (C=O) groups is 1. The number of carbonyl (C=O) groups excluding carboxylic acids is 1. The van der Waals surface area contributed by atoms with Crippen molar-refractivity contribution < 1.29 is 9.53 Å². The van der Waals surface area contributed by atoms with E-state index in [4.69, 9.17) is 4.74 Å². The molecule has 0 unspecified atom stereocenters. The van der Waals surface area contributed by atoms with Gasteiger partial charge in [-0.05, 0) is 61.6 Å². The Morgan fingerprint density at radius 3 is 2.77 bits per heavy atom. The second-order valence-electron chi connectivity index (χ2n) is 8.11. The fourth-order valence-electron chi connectivity index (χ4n) is 4.12. The highest BCUT2D eigenvalue weighted by atomic mass is 16.5. The average molecular weight is 409 g/mol. The molecular formula is C24H32N4O2. The van der Waals surface area contributed by atoms with E-state index in [9.17, 15) is 4.79 Å². The molecule has 1 aromatic heterocycles. The van der Waals surface area contributed by atoms with E-state index in [0.717, 1.165) is 64.0 Å². The van der Waals surface area contributed by atoms with Gasteiger partial charge in [0.2, 0.25) is 11.8 Å². The van der Waals surface area contributed by atoms with Gasteiger partial charge in [0.1, 0.15) is 5.82 Å². The Morgan fingerprint density at radius 1 is 1.07 bits per heavy atom. The molecule has 1 amide bonds. The molecule has 3 heterocycles. The first-order chi connectivity index (χ1) is 14.7. The molecule has 0 atom stereocenters. The van der Waals surface area contributed by atoms with Crippen LogP contribution in [0.2, 0.25) is 0 Å². The second-order valence-corrected chi connectivity index (χ2v) is 8.11. The van der Waals surface area contributed by atoms with Crippen LogP contribution in [0.5, 0.6) is 5.88 Å². The topological polar surface area (TPSA) is 57.7 Å². The summed E-state index contributed by atoms with van der Waals surface area (Å²) in [7, 11) is 0. The van der Waals surface area contributed by atoms with E-state index in [1.165, 1.54) is 11.3 Å². The maximum absolute atomic E-state index is 11.5. The molecule has 2 aliphatic rings. The van der Waals surface area contributed by atoms with Crippen molar-refractivity contribution in [2.24, 2.45) is 0 Å². The Morgan fingerprint density at radius 2 is 1.93 bits per heavy atom. The first-order valence-corrected chi connectivity index (χ1v) is 11.2. The lowest BCUT2D eigenvalue weighted by molar-refractivity contribution is -0.116. The number of amides is 1. The van der Waals surface area contributed by atoms with Crippen LogP contribution in [0.15, 0.2) is 36.4 Å². The number of piperazine rings is 1. The lowest BCUT2D eigenvalue weighted by Gasteiger charge is -2.36. The van der Waals surface area contributed by atoms with Crippen molar-refractivity contribution in [3.05, 3.63) is 47.5 Å². The summed E-state index contributed by atoms with van der Waals surface area (Å²) in [5, 5.41) is 2.83. The molecule has 0 aliphatic carbocycles. The number of anilines is 2. The summed E-state index contributed by atoms with van der Waals surface area (Å²) in [5.74, 6) is 1.29. The molecule has 2 aliphatic heterocycles. The van der Waals surface area contributed by atoms with Crippen LogP contribution in [0.3, 0.4) is 0 Å². The Hall–Kier alpha value is -2.60. The molecule has 0 bridgehead atoms. The van der Waals surface area contributed by atoms with Gasteiger partial charge in [0, 0.05) is 44.4 Å². The Kier molecular flexibility index (Phi) is 6.84. The van der Waals surface area contributed by atoms with Crippen molar-refractivity contribution in [2.75, 3.05) is 49.5 Å². The summed E-state index contributed by atoms with van der Waals surface area (Å²) < 4.78 is 5.80. The molecule has 1 N–H and O–H groups in total. The minimum atomic E-state index is 0.0327. The van der Waals surface area contributed by atoms with Gasteiger partial charge in [-0.3, -0.25) is 9.69 Å². The molecule has 6 nitrogen and oxygen atoms in total. The molecule has 30 heavy (non-hydrogen) atoms. The monoisotopic (exact) mass is 408 g/mol. The van der Waals surface area contributed by atoms with E-state index in [2.05, 4.69) is 51.3 Å². The molecule has 0 spiro atoms. The normalized spacial score (nSPS) is 16.8. The van der Waals surface area contributed by atoms with Crippen molar-refractivity contribution in [3.63, 3.8) is 0 Å². The zero-order valence-electron chi connectivity index (χ0n) is 17.9. The molecule has 2 aromatic rings. The zero-order chi connectivity index (χ0) is 20.8. The molecule has 4 rings (SSSR count). The highest BCUT2D eigenvalue weighted by Gasteiger charge is 2.18. The van der Waals surface area contributed by atoms with E-state index < -0.39 is 0 Å². The molecular weight excluding hydrogens is 376 g/mol. The van der Waals surface area contributed by atoms with Crippen molar-refractivity contribution in [3.8, 4) is 5.88 Å². The van der Waals surface area contributed by atoms with Gasteiger partial charge in [-0.15, -0.1) is 0 Å². The van der Waals surface area contributed by atoms with Crippen LogP contribution in [0.4, 0.5) is 11.5 Å². The zero-order valence-corrected chi connectivity index (χ0v) is 17.9. The highest BCUT2D eigenvalue weighted by molar-refractivity contribution is 5.92. The van der Waals surface area contributed by atoms with Crippen LogP contribution in [-0.4, -0.2) is 55.1 Å². The fourth-order valence-corrected chi connectivity index (χ4v) is 4.12. The number of hydrogen-bond acceptors (Lipinski definition) is 5. The van der Waals surface area contributed by atoms with Gasteiger partial charge in [-0.25, -0.2) is 0 Å². The molecule has 160 valence electrons. The molecule has 1 aromatic carbocycles. The van der Waals surface area contributed by atoms with Crippen LogP contribution < -0.4 is 15.0 Å². The lowest BCUT2D eigenvalue weighted by atomic mass is 10.1. The molecule has 1 fully saturated rings.